The maximum atomic E-state index is 10.8. The highest BCUT2D eigenvalue weighted by molar-refractivity contribution is 5.94. The van der Waals surface area contributed by atoms with Crippen molar-refractivity contribution in [1.29, 1.82) is 0 Å². The lowest BCUT2D eigenvalue weighted by atomic mass is 10.3. The molecule has 5 nitrogen and oxygen atoms in total. The molecule has 2 heterocycles. The highest BCUT2D eigenvalue weighted by Crippen LogP contribution is 2.10. The van der Waals surface area contributed by atoms with Gasteiger partial charge in [-0.25, -0.2) is 9.78 Å². The van der Waals surface area contributed by atoms with Crippen LogP contribution in [-0.2, 0) is 6.54 Å². The summed E-state index contributed by atoms with van der Waals surface area (Å²) in [7, 11) is 0. The molecule has 0 atom stereocenters. The van der Waals surface area contributed by atoms with Crippen LogP contribution in [0, 0.1) is 0 Å². The Kier molecular flexibility index (Phi) is 5.23. The van der Waals surface area contributed by atoms with Crippen LogP contribution >= 0.6 is 24.8 Å². The zero-order chi connectivity index (χ0) is 10.1. The number of carbonyl (C=O) groups is 1. The molecule has 0 saturated carbocycles. The zero-order valence-electron chi connectivity index (χ0n) is 8.16. The van der Waals surface area contributed by atoms with E-state index in [2.05, 4.69) is 4.98 Å². The first-order valence-corrected chi connectivity index (χ1v) is 4.12. The number of aromatic nitrogens is 2. The van der Waals surface area contributed by atoms with Gasteiger partial charge in [-0.1, -0.05) is 0 Å². The lowest BCUT2D eigenvalue weighted by molar-refractivity contribution is 0.0698. The van der Waals surface area contributed by atoms with Gasteiger partial charge in [0, 0.05) is 18.9 Å². The molecule has 0 aliphatic rings. The molecule has 0 aromatic carbocycles. The number of hydrogen-bond donors (Lipinski definition) is 2. The van der Waals surface area contributed by atoms with Gasteiger partial charge in [-0.15, -0.1) is 24.8 Å². The average Bonchev–Trinajstić information content (AvgIpc) is 2.59. The van der Waals surface area contributed by atoms with Gasteiger partial charge in [-0.3, -0.25) is 0 Å². The molecule has 0 spiro atoms. The van der Waals surface area contributed by atoms with Gasteiger partial charge in [0.15, 0.2) is 5.65 Å². The number of pyridine rings is 1. The van der Waals surface area contributed by atoms with Gasteiger partial charge >= 0.3 is 5.97 Å². The molecular weight excluding hydrogens is 253 g/mol. The first kappa shape index (κ1) is 14.7. The summed E-state index contributed by atoms with van der Waals surface area (Å²) in [5.74, 6) is -0.982. The summed E-state index contributed by atoms with van der Waals surface area (Å²) in [4.78, 5) is 14.9. The van der Waals surface area contributed by atoms with E-state index in [1.165, 1.54) is 6.07 Å². The standard InChI is InChI=1S/C9H9N3O2.2ClH/c10-4-6-5-12-3-1-2-7(9(13)14)8(12)11-6;;/h1-3,5H,4,10H2,(H,13,14);2*1H. The van der Waals surface area contributed by atoms with Crippen molar-refractivity contribution < 1.29 is 9.90 Å². The van der Waals surface area contributed by atoms with Crippen LogP contribution in [0.4, 0.5) is 0 Å². The van der Waals surface area contributed by atoms with E-state index in [9.17, 15) is 4.79 Å². The van der Waals surface area contributed by atoms with E-state index in [-0.39, 0.29) is 30.4 Å². The molecule has 0 fully saturated rings. The summed E-state index contributed by atoms with van der Waals surface area (Å²) >= 11 is 0. The number of carboxylic acids is 1. The van der Waals surface area contributed by atoms with E-state index in [1.807, 2.05) is 0 Å². The van der Waals surface area contributed by atoms with E-state index in [0.29, 0.717) is 17.9 Å². The van der Waals surface area contributed by atoms with Gasteiger partial charge in [0.1, 0.15) is 5.56 Å². The number of hydrogen-bond acceptors (Lipinski definition) is 3. The lowest BCUT2D eigenvalue weighted by Gasteiger charge is -1.96. The normalized spacial score (nSPS) is 9.31. The number of nitrogens with two attached hydrogens (primary N) is 1. The molecule has 0 radical (unpaired) electrons. The second kappa shape index (κ2) is 5.69. The van der Waals surface area contributed by atoms with Gasteiger partial charge in [-0.2, -0.15) is 0 Å². The number of rotatable bonds is 2. The van der Waals surface area contributed by atoms with E-state index >= 15 is 0 Å². The maximum Gasteiger partial charge on any atom is 0.339 e. The molecule has 0 aliphatic heterocycles. The molecule has 16 heavy (non-hydrogen) atoms. The molecular formula is C9H11Cl2N3O2. The molecule has 0 bridgehead atoms. The lowest BCUT2D eigenvalue weighted by Crippen LogP contribution is -2.00. The predicted octanol–water partition coefficient (Wildman–Crippen LogP) is 1.33. The fourth-order valence-corrected chi connectivity index (χ4v) is 1.33. The van der Waals surface area contributed by atoms with Crippen LogP contribution in [0.2, 0.25) is 0 Å². The maximum absolute atomic E-state index is 10.8. The predicted molar refractivity (Wildman–Crippen MR) is 64.5 cm³/mol. The van der Waals surface area contributed by atoms with Crippen molar-refractivity contribution in [3.8, 4) is 0 Å². The third-order valence-corrected chi connectivity index (χ3v) is 1.97. The Morgan fingerprint density at radius 3 is 2.75 bits per heavy atom. The van der Waals surface area contributed by atoms with Crippen molar-refractivity contribution in [3.63, 3.8) is 0 Å². The number of fused-ring (bicyclic) bond motifs is 1. The Balaban J connectivity index is 0.00000112. The van der Waals surface area contributed by atoms with Crippen LogP contribution in [0.25, 0.3) is 5.65 Å². The SMILES string of the molecule is Cl.Cl.NCc1cn2cccc(C(=O)O)c2n1. The van der Waals surface area contributed by atoms with Crippen molar-refractivity contribution >= 4 is 36.4 Å². The minimum Gasteiger partial charge on any atom is -0.478 e. The Morgan fingerprint density at radius 1 is 1.50 bits per heavy atom. The summed E-state index contributed by atoms with van der Waals surface area (Å²) in [6.07, 6.45) is 3.47. The largest absolute Gasteiger partial charge is 0.478 e. The third-order valence-electron chi connectivity index (χ3n) is 1.97. The summed E-state index contributed by atoms with van der Waals surface area (Å²) in [5.41, 5.74) is 6.71. The summed E-state index contributed by atoms with van der Waals surface area (Å²) in [6, 6.07) is 3.18. The molecule has 0 amide bonds. The fourth-order valence-electron chi connectivity index (χ4n) is 1.33. The highest BCUT2D eigenvalue weighted by Gasteiger charge is 2.10. The van der Waals surface area contributed by atoms with Crippen molar-refractivity contribution in [2.75, 3.05) is 0 Å². The minimum absolute atomic E-state index is 0. The molecule has 2 aromatic rings. The van der Waals surface area contributed by atoms with Crippen molar-refractivity contribution in [2.24, 2.45) is 5.73 Å². The van der Waals surface area contributed by atoms with E-state index in [1.54, 1.807) is 22.9 Å². The van der Waals surface area contributed by atoms with E-state index in [4.69, 9.17) is 10.8 Å². The zero-order valence-corrected chi connectivity index (χ0v) is 9.79. The van der Waals surface area contributed by atoms with Crippen LogP contribution < -0.4 is 5.73 Å². The molecule has 3 N–H and O–H groups in total. The second-order valence-corrected chi connectivity index (χ2v) is 2.89. The smallest absolute Gasteiger partial charge is 0.339 e. The number of nitrogens with zero attached hydrogens (tertiary/aromatic N) is 2. The summed E-state index contributed by atoms with van der Waals surface area (Å²) in [5, 5.41) is 8.88. The Bertz CT molecular complexity index is 498. The van der Waals surface area contributed by atoms with Crippen LogP contribution in [0.15, 0.2) is 24.5 Å². The minimum atomic E-state index is -0.982. The molecule has 2 rings (SSSR count). The van der Waals surface area contributed by atoms with Crippen LogP contribution in [0.1, 0.15) is 16.1 Å². The van der Waals surface area contributed by atoms with Gasteiger partial charge in [0.05, 0.1) is 5.69 Å². The summed E-state index contributed by atoms with van der Waals surface area (Å²) in [6.45, 7) is 0.306. The summed E-state index contributed by atoms with van der Waals surface area (Å²) < 4.78 is 1.66. The molecule has 7 heteroatoms. The Morgan fingerprint density at radius 2 is 2.19 bits per heavy atom. The van der Waals surface area contributed by atoms with E-state index in [0.717, 1.165) is 0 Å². The molecule has 0 aliphatic carbocycles. The number of halogens is 2. The van der Waals surface area contributed by atoms with Crippen molar-refractivity contribution in [2.45, 2.75) is 6.54 Å². The molecule has 0 unspecified atom stereocenters. The third kappa shape index (κ3) is 2.44. The fraction of sp³-hybridized carbons (Fsp3) is 0.111. The monoisotopic (exact) mass is 263 g/mol. The molecule has 0 saturated heterocycles. The number of carboxylic acid groups (broad SMARTS) is 1. The van der Waals surface area contributed by atoms with Gasteiger partial charge in [0.25, 0.3) is 0 Å². The topological polar surface area (TPSA) is 80.6 Å². The van der Waals surface area contributed by atoms with E-state index < -0.39 is 5.97 Å². The second-order valence-electron chi connectivity index (χ2n) is 2.89. The Hall–Kier alpha value is -1.30. The number of aromatic carboxylic acids is 1. The van der Waals surface area contributed by atoms with Gasteiger partial charge < -0.3 is 15.2 Å². The van der Waals surface area contributed by atoms with Crippen LogP contribution in [0.3, 0.4) is 0 Å². The first-order chi connectivity index (χ1) is 6.72. The molecule has 2 aromatic heterocycles. The van der Waals surface area contributed by atoms with Crippen molar-refractivity contribution in [3.05, 3.63) is 35.8 Å². The van der Waals surface area contributed by atoms with Crippen LogP contribution in [-0.4, -0.2) is 20.5 Å². The first-order valence-electron chi connectivity index (χ1n) is 4.12. The Labute approximate surface area is 104 Å². The average molecular weight is 264 g/mol. The highest BCUT2D eigenvalue weighted by atomic mass is 35.5. The van der Waals surface area contributed by atoms with Crippen LogP contribution in [0.5, 0.6) is 0 Å². The molecule has 88 valence electrons. The van der Waals surface area contributed by atoms with Gasteiger partial charge in [0.2, 0.25) is 0 Å². The van der Waals surface area contributed by atoms with Crippen molar-refractivity contribution in [1.82, 2.24) is 9.38 Å². The number of imidazole rings is 1. The quantitative estimate of drug-likeness (QED) is 0.857. The van der Waals surface area contributed by atoms with Gasteiger partial charge in [-0.05, 0) is 12.1 Å².